The summed E-state index contributed by atoms with van der Waals surface area (Å²) in [4.78, 5) is 17.1. The Balaban J connectivity index is 1.14. The topological polar surface area (TPSA) is 98.0 Å². The van der Waals surface area contributed by atoms with Crippen LogP contribution in [0.3, 0.4) is 0 Å². The summed E-state index contributed by atoms with van der Waals surface area (Å²) in [6, 6.07) is 12.7. The Kier molecular flexibility index (Phi) is 6.14. The van der Waals surface area contributed by atoms with E-state index in [1.165, 1.54) is 29.2 Å². The number of hydrogen-bond acceptors (Lipinski definition) is 3. The van der Waals surface area contributed by atoms with Crippen LogP contribution >= 0.6 is 45.2 Å². The Morgan fingerprint density at radius 1 is 1.25 bits per heavy atom. The maximum absolute atomic E-state index is 11.8. The number of primary amides is 1. The lowest BCUT2D eigenvalue weighted by Crippen LogP contribution is -2.44. The van der Waals surface area contributed by atoms with E-state index in [0.717, 1.165) is 43.6 Å². The van der Waals surface area contributed by atoms with Gasteiger partial charge in [-0.1, -0.05) is 30.4 Å². The fourth-order valence-corrected chi connectivity index (χ4v) is 7.45. The van der Waals surface area contributed by atoms with Crippen LogP contribution in [0.15, 0.2) is 66.4 Å². The van der Waals surface area contributed by atoms with Gasteiger partial charge in [0.1, 0.15) is 11.9 Å². The second-order valence-corrected chi connectivity index (χ2v) is 12.2. The molecular weight excluding hydrogens is 676 g/mol. The summed E-state index contributed by atoms with van der Waals surface area (Å²) in [6.45, 7) is 1.55. The molecule has 2 fully saturated rings. The summed E-state index contributed by atoms with van der Waals surface area (Å²) in [7, 11) is 0. The van der Waals surface area contributed by atoms with Crippen LogP contribution in [0.1, 0.15) is 19.3 Å². The van der Waals surface area contributed by atoms with Gasteiger partial charge in [-0.2, -0.15) is 0 Å². The second kappa shape index (κ2) is 9.20. The highest BCUT2D eigenvalue weighted by Gasteiger charge is 2.56. The minimum Gasteiger partial charge on any atom is -0.384 e. The monoisotopic (exact) mass is 703 g/mol. The molecular formula is C28H27I2N5O. The highest BCUT2D eigenvalue weighted by Crippen LogP contribution is 2.59. The lowest BCUT2D eigenvalue weighted by Gasteiger charge is -2.28. The normalized spacial score (nSPS) is 24.5. The number of likely N-dealkylation sites (tertiary alicyclic amines) is 1. The molecule has 1 saturated heterocycles. The summed E-state index contributed by atoms with van der Waals surface area (Å²) >= 11 is 4.84. The number of aromatic nitrogens is 1. The van der Waals surface area contributed by atoms with Crippen molar-refractivity contribution in [3.63, 3.8) is 0 Å². The van der Waals surface area contributed by atoms with E-state index in [4.69, 9.17) is 11.1 Å². The third kappa shape index (κ3) is 4.06. The van der Waals surface area contributed by atoms with E-state index >= 15 is 0 Å². The van der Waals surface area contributed by atoms with E-state index in [1.807, 2.05) is 17.2 Å². The van der Waals surface area contributed by atoms with Crippen LogP contribution in [-0.4, -0.2) is 40.8 Å². The van der Waals surface area contributed by atoms with Crippen LogP contribution in [0.5, 0.6) is 0 Å². The number of carbonyl (C=O) groups is 1. The highest BCUT2D eigenvalue weighted by atomic mass is 127. The fourth-order valence-electron chi connectivity index (χ4n) is 5.78. The minimum absolute atomic E-state index is 0.0296. The average Bonchev–Trinajstić information content (AvgIpc) is 3.22. The van der Waals surface area contributed by atoms with E-state index in [-0.39, 0.29) is 17.4 Å². The predicted octanol–water partition coefficient (Wildman–Crippen LogP) is 5.89. The number of nitrogens with one attached hydrogen (secondary N) is 3. The number of amidine groups is 1. The van der Waals surface area contributed by atoms with Gasteiger partial charge in [0.25, 0.3) is 0 Å². The molecule has 6 nitrogen and oxygen atoms in total. The quantitative estimate of drug-likeness (QED) is 0.147. The molecule has 1 saturated carbocycles. The second-order valence-electron chi connectivity index (χ2n) is 9.99. The van der Waals surface area contributed by atoms with Gasteiger partial charge in [-0.3, -0.25) is 10.2 Å². The van der Waals surface area contributed by atoms with Crippen molar-refractivity contribution in [2.75, 3.05) is 18.4 Å². The average molecular weight is 703 g/mol. The molecule has 6 rings (SSSR count). The van der Waals surface area contributed by atoms with Gasteiger partial charge >= 0.3 is 0 Å². The van der Waals surface area contributed by atoms with Gasteiger partial charge < -0.3 is 20.9 Å². The van der Waals surface area contributed by atoms with Crippen LogP contribution in [-0.2, 0) is 4.79 Å². The van der Waals surface area contributed by atoms with E-state index in [2.05, 4.69) is 104 Å². The Morgan fingerprint density at radius 2 is 2.06 bits per heavy atom. The van der Waals surface area contributed by atoms with Crippen molar-refractivity contribution in [2.45, 2.75) is 25.3 Å². The summed E-state index contributed by atoms with van der Waals surface area (Å²) < 4.78 is 2.48. The number of halogens is 2. The first kappa shape index (κ1) is 24.0. The molecule has 2 aromatic carbocycles. The molecule has 1 unspecified atom stereocenters. The molecule has 3 aromatic rings. The number of H-pyrrole nitrogens is 1. The number of allylic oxidation sites excluding steroid dienone is 2. The molecule has 3 atom stereocenters. The first-order valence-corrected chi connectivity index (χ1v) is 14.4. The summed E-state index contributed by atoms with van der Waals surface area (Å²) in [5, 5.41) is 13.7. The number of amides is 1. The molecule has 5 N–H and O–H groups in total. The number of nitrogens with zero attached hydrogens (tertiary/aromatic N) is 1. The van der Waals surface area contributed by atoms with Crippen LogP contribution in [0.4, 0.5) is 5.69 Å². The lowest BCUT2D eigenvalue weighted by atomic mass is 9.92. The summed E-state index contributed by atoms with van der Waals surface area (Å²) in [5.74, 6) is 0.460. The summed E-state index contributed by atoms with van der Waals surface area (Å²) in [6.07, 6.45) is 11.1. The first-order valence-electron chi connectivity index (χ1n) is 12.2. The standard InChI is InChI=1S/C28H27I2N5O/c29-22-13-20(24(30)19-9-11-33-25(19)22)16-5-7-17(8-6-16)34-15-28-10-1-3-18(21(28)14-28)26(31)35-12-2-4-23(35)27(32)36/h1,3,5-11,13,21,23,31,33-34H,2,4,12,14-15H2,(H2,32,36)/t21-,23+,28?/m1/s1. The predicted molar refractivity (Wildman–Crippen MR) is 162 cm³/mol. The smallest absolute Gasteiger partial charge is 0.240 e. The lowest BCUT2D eigenvalue weighted by molar-refractivity contribution is -0.121. The van der Waals surface area contributed by atoms with Crippen molar-refractivity contribution in [3.8, 4) is 11.1 Å². The molecule has 1 aromatic heterocycles. The number of benzene rings is 2. The zero-order valence-corrected chi connectivity index (χ0v) is 24.0. The molecule has 1 amide bonds. The Morgan fingerprint density at radius 3 is 2.83 bits per heavy atom. The first-order chi connectivity index (χ1) is 17.4. The van der Waals surface area contributed by atoms with Crippen molar-refractivity contribution in [3.05, 3.63) is 73.5 Å². The molecule has 3 aliphatic rings. The maximum Gasteiger partial charge on any atom is 0.240 e. The van der Waals surface area contributed by atoms with Crippen LogP contribution in [0, 0.1) is 23.9 Å². The molecule has 0 radical (unpaired) electrons. The minimum atomic E-state index is -0.349. The van der Waals surface area contributed by atoms with Gasteiger partial charge in [0, 0.05) is 42.9 Å². The third-order valence-electron chi connectivity index (χ3n) is 7.89. The van der Waals surface area contributed by atoms with Crippen LogP contribution < -0.4 is 11.1 Å². The fraction of sp³-hybridized carbons (Fsp3) is 0.286. The van der Waals surface area contributed by atoms with Crippen molar-refractivity contribution >= 4 is 73.5 Å². The number of anilines is 1. The zero-order valence-electron chi connectivity index (χ0n) is 19.7. The number of fused-ring (bicyclic) bond motifs is 2. The van der Waals surface area contributed by atoms with Gasteiger partial charge in [0.2, 0.25) is 5.91 Å². The number of carbonyl (C=O) groups excluding carboxylic acids is 1. The van der Waals surface area contributed by atoms with Gasteiger partial charge in [-0.15, -0.1) is 0 Å². The van der Waals surface area contributed by atoms with Gasteiger partial charge in [0.15, 0.2) is 0 Å². The number of rotatable bonds is 6. The van der Waals surface area contributed by atoms with Crippen molar-refractivity contribution in [1.82, 2.24) is 9.88 Å². The number of nitrogens with two attached hydrogens (primary N) is 1. The zero-order chi connectivity index (χ0) is 25.0. The van der Waals surface area contributed by atoms with E-state index in [0.29, 0.717) is 11.8 Å². The van der Waals surface area contributed by atoms with Crippen molar-refractivity contribution in [2.24, 2.45) is 17.1 Å². The molecule has 2 heterocycles. The molecule has 1 aliphatic heterocycles. The Bertz CT molecular complexity index is 1440. The highest BCUT2D eigenvalue weighted by molar-refractivity contribution is 14.1. The molecule has 8 heteroatoms. The third-order valence-corrected chi connectivity index (χ3v) is 9.90. The summed E-state index contributed by atoms with van der Waals surface area (Å²) in [5.41, 5.74) is 11.4. The van der Waals surface area contributed by atoms with Gasteiger partial charge in [-0.25, -0.2) is 0 Å². The van der Waals surface area contributed by atoms with E-state index in [9.17, 15) is 4.79 Å². The SMILES string of the molecule is N=C(C1=CC=CC2(CNc3ccc(-c4cc(I)c5[nH]ccc5c4I)cc3)C[C@H]12)N1CCC[C@H]1C(N)=O. The molecule has 36 heavy (non-hydrogen) atoms. The van der Waals surface area contributed by atoms with Crippen molar-refractivity contribution < 1.29 is 4.79 Å². The number of hydrogen-bond donors (Lipinski definition) is 4. The largest absolute Gasteiger partial charge is 0.384 e. The van der Waals surface area contributed by atoms with E-state index in [1.54, 1.807) is 0 Å². The molecule has 184 valence electrons. The number of aromatic amines is 1. The van der Waals surface area contributed by atoms with Crippen LogP contribution in [0.25, 0.3) is 22.0 Å². The maximum atomic E-state index is 11.8. The van der Waals surface area contributed by atoms with E-state index < -0.39 is 0 Å². The molecule has 0 spiro atoms. The Hall–Kier alpha value is -2.34. The van der Waals surface area contributed by atoms with Crippen molar-refractivity contribution in [1.29, 1.82) is 5.41 Å². The van der Waals surface area contributed by atoms with Gasteiger partial charge in [-0.05, 0) is 111 Å². The van der Waals surface area contributed by atoms with Crippen LogP contribution in [0.2, 0.25) is 0 Å². The molecule has 0 bridgehead atoms. The molecule has 2 aliphatic carbocycles. The van der Waals surface area contributed by atoms with Gasteiger partial charge in [0.05, 0.1) is 5.52 Å². The Labute approximate surface area is 237 Å².